The van der Waals surface area contributed by atoms with Gasteiger partial charge in [0.2, 0.25) is 5.95 Å². The van der Waals surface area contributed by atoms with Gasteiger partial charge in [-0.15, -0.1) is 0 Å². The average molecular weight is 458 g/mol. The number of benzene rings is 1. The number of anilines is 2. The molecule has 0 aliphatic carbocycles. The number of carbonyl (C=O) groups excluding carboxylic acids is 1. The van der Waals surface area contributed by atoms with E-state index in [1.165, 1.54) is 5.01 Å². The van der Waals surface area contributed by atoms with E-state index in [4.69, 9.17) is 5.73 Å². The Hall–Kier alpha value is -4.11. The Morgan fingerprint density at radius 2 is 1.82 bits per heavy atom. The zero-order valence-electron chi connectivity index (χ0n) is 19.6. The topological polar surface area (TPSA) is 121 Å². The van der Waals surface area contributed by atoms with Crippen LogP contribution in [0, 0.1) is 6.92 Å². The van der Waals surface area contributed by atoms with Crippen LogP contribution in [-0.4, -0.2) is 43.0 Å². The lowest BCUT2D eigenvalue weighted by atomic mass is 10.0. The van der Waals surface area contributed by atoms with Gasteiger partial charge in [0.15, 0.2) is 0 Å². The van der Waals surface area contributed by atoms with Crippen molar-refractivity contribution in [3.8, 4) is 0 Å². The molecule has 4 aromatic rings. The van der Waals surface area contributed by atoms with Crippen LogP contribution >= 0.6 is 0 Å². The standard InChI is InChI=1S/C25H27N7O2/c1-16-12-18-13-17(6-9-21(18)30-22(16)26)23(33)32(31(4)24-27-10-5-11-28-24)15-20-8-7-19(14-29-20)25(2,3)34/h5-14,34H,15H2,1-4H3,(H2,26,30). The number of pyridine rings is 2. The minimum atomic E-state index is -1.00. The van der Waals surface area contributed by atoms with Crippen molar-refractivity contribution < 1.29 is 9.90 Å². The van der Waals surface area contributed by atoms with E-state index in [-0.39, 0.29) is 12.5 Å². The summed E-state index contributed by atoms with van der Waals surface area (Å²) in [6, 6.07) is 12.5. The van der Waals surface area contributed by atoms with Gasteiger partial charge in [0, 0.05) is 42.2 Å². The Morgan fingerprint density at radius 3 is 2.47 bits per heavy atom. The third-order valence-corrected chi connectivity index (χ3v) is 5.57. The molecule has 1 amide bonds. The molecule has 0 fully saturated rings. The average Bonchev–Trinajstić information content (AvgIpc) is 2.82. The maximum Gasteiger partial charge on any atom is 0.272 e. The summed E-state index contributed by atoms with van der Waals surface area (Å²) in [5.74, 6) is 0.587. The number of hydrazine groups is 1. The summed E-state index contributed by atoms with van der Waals surface area (Å²) < 4.78 is 0. The minimum Gasteiger partial charge on any atom is -0.386 e. The van der Waals surface area contributed by atoms with Crippen molar-refractivity contribution in [1.29, 1.82) is 0 Å². The second kappa shape index (κ2) is 9.03. The van der Waals surface area contributed by atoms with Gasteiger partial charge in [-0.1, -0.05) is 6.07 Å². The maximum atomic E-state index is 13.7. The molecule has 9 nitrogen and oxygen atoms in total. The first-order valence-electron chi connectivity index (χ1n) is 10.8. The van der Waals surface area contributed by atoms with Gasteiger partial charge in [-0.3, -0.25) is 14.8 Å². The van der Waals surface area contributed by atoms with E-state index in [9.17, 15) is 9.90 Å². The molecule has 174 valence electrons. The van der Waals surface area contributed by atoms with E-state index in [0.29, 0.717) is 28.6 Å². The van der Waals surface area contributed by atoms with Crippen LogP contribution in [0.15, 0.2) is 61.1 Å². The highest BCUT2D eigenvalue weighted by atomic mass is 16.3. The summed E-state index contributed by atoms with van der Waals surface area (Å²) in [6.45, 7) is 5.46. The molecule has 9 heteroatoms. The van der Waals surface area contributed by atoms with Crippen LogP contribution < -0.4 is 10.7 Å². The Bertz CT molecular complexity index is 1320. The lowest BCUT2D eigenvalue weighted by molar-refractivity contribution is 0.0722. The van der Waals surface area contributed by atoms with Gasteiger partial charge in [-0.25, -0.2) is 20.0 Å². The van der Waals surface area contributed by atoms with Gasteiger partial charge >= 0.3 is 0 Å². The Morgan fingerprint density at radius 1 is 1.09 bits per heavy atom. The number of aliphatic hydroxyl groups is 1. The quantitative estimate of drug-likeness (QED) is 0.423. The molecule has 0 atom stereocenters. The van der Waals surface area contributed by atoms with Gasteiger partial charge in [-0.05, 0) is 62.7 Å². The highest BCUT2D eigenvalue weighted by molar-refractivity contribution is 5.98. The fourth-order valence-corrected chi connectivity index (χ4v) is 3.49. The minimum absolute atomic E-state index is 0.177. The van der Waals surface area contributed by atoms with Gasteiger partial charge in [0.05, 0.1) is 23.4 Å². The highest BCUT2D eigenvalue weighted by Crippen LogP contribution is 2.23. The maximum absolute atomic E-state index is 13.7. The molecule has 34 heavy (non-hydrogen) atoms. The summed E-state index contributed by atoms with van der Waals surface area (Å²) in [5, 5.41) is 14.2. The molecule has 0 radical (unpaired) electrons. The van der Waals surface area contributed by atoms with Gasteiger partial charge in [0.1, 0.15) is 5.82 Å². The fourth-order valence-electron chi connectivity index (χ4n) is 3.49. The van der Waals surface area contributed by atoms with E-state index < -0.39 is 5.60 Å². The van der Waals surface area contributed by atoms with Crippen molar-refractivity contribution in [1.82, 2.24) is 24.9 Å². The van der Waals surface area contributed by atoms with Crippen LogP contribution in [0.3, 0.4) is 0 Å². The van der Waals surface area contributed by atoms with Crippen LogP contribution in [0.25, 0.3) is 10.9 Å². The van der Waals surface area contributed by atoms with Crippen LogP contribution in [-0.2, 0) is 12.1 Å². The van der Waals surface area contributed by atoms with Gasteiger partial charge in [0.25, 0.3) is 5.91 Å². The normalized spacial score (nSPS) is 11.4. The number of fused-ring (bicyclic) bond motifs is 1. The number of hydrogen-bond acceptors (Lipinski definition) is 8. The number of amides is 1. The largest absolute Gasteiger partial charge is 0.386 e. The molecule has 0 aliphatic rings. The molecule has 0 saturated heterocycles. The number of rotatable bonds is 6. The van der Waals surface area contributed by atoms with Crippen LogP contribution in [0.2, 0.25) is 0 Å². The SMILES string of the molecule is Cc1cc2cc(C(=O)N(Cc3ccc(C(C)(C)O)cn3)N(C)c3ncccn3)ccc2nc1N. The third kappa shape index (κ3) is 4.79. The second-order valence-corrected chi connectivity index (χ2v) is 8.63. The lowest BCUT2D eigenvalue weighted by Crippen LogP contribution is -2.45. The number of nitrogens with two attached hydrogens (primary N) is 1. The van der Waals surface area contributed by atoms with Gasteiger partial charge < -0.3 is 10.8 Å². The molecular formula is C25H27N7O2. The summed E-state index contributed by atoms with van der Waals surface area (Å²) in [4.78, 5) is 31.1. The van der Waals surface area contributed by atoms with Crippen molar-refractivity contribution in [2.24, 2.45) is 0 Å². The molecule has 1 aromatic carbocycles. The first kappa shape index (κ1) is 23.1. The summed E-state index contributed by atoms with van der Waals surface area (Å²) in [5.41, 5.74) is 8.31. The lowest BCUT2D eigenvalue weighted by Gasteiger charge is -2.31. The molecule has 0 unspecified atom stereocenters. The van der Waals surface area contributed by atoms with Crippen LogP contribution in [0.1, 0.15) is 41.0 Å². The second-order valence-electron chi connectivity index (χ2n) is 8.63. The zero-order valence-corrected chi connectivity index (χ0v) is 19.6. The predicted molar refractivity (Wildman–Crippen MR) is 131 cm³/mol. The molecule has 0 saturated carbocycles. The molecule has 3 aromatic heterocycles. The fraction of sp³-hybridized carbons (Fsp3) is 0.240. The summed E-state index contributed by atoms with van der Waals surface area (Å²) >= 11 is 0. The third-order valence-electron chi connectivity index (χ3n) is 5.57. The smallest absolute Gasteiger partial charge is 0.272 e. The number of aryl methyl sites for hydroxylation is 1. The van der Waals surface area contributed by atoms with Crippen molar-refractivity contribution in [2.75, 3.05) is 17.8 Å². The molecule has 0 aliphatic heterocycles. The summed E-state index contributed by atoms with van der Waals surface area (Å²) in [7, 11) is 1.73. The van der Waals surface area contributed by atoms with Crippen molar-refractivity contribution in [2.45, 2.75) is 32.9 Å². The van der Waals surface area contributed by atoms with Crippen LogP contribution in [0.5, 0.6) is 0 Å². The Balaban J connectivity index is 1.70. The van der Waals surface area contributed by atoms with Crippen molar-refractivity contribution in [3.05, 3.63) is 83.4 Å². The predicted octanol–water partition coefficient (Wildman–Crippen LogP) is 3.23. The van der Waals surface area contributed by atoms with Crippen molar-refractivity contribution in [3.63, 3.8) is 0 Å². The van der Waals surface area contributed by atoms with Gasteiger partial charge in [-0.2, -0.15) is 0 Å². The summed E-state index contributed by atoms with van der Waals surface area (Å²) in [6.07, 6.45) is 4.85. The Kier molecular flexibility index (Phi) is 6.12. The number of nitrogens with zero attached hydrogens (tertiary/aromatic N) is 6. The first-order chi connectivity index (χ1) is 16.1. The molecule has 3 heterocycles. The zero-order chi connectivity index (χ0) is 24.5. The highest BCUT2D eigenvalue weighted by Gasteiger charge is 2.24. The van der Waals surface area contributed by atoms with Crippen molar-refractivity contribution >= 4 is 28.6 Å². The van der Waals surface area contributed by atoms with Crippen LogP contribution in [0.4, 0.5) is 11.8 Å². The van der Waals surface area contributed by atoms with E-state index in [0.717, 1.165) is 16.5 Å². The van der Waals surface area contributed by atoms with E-state index in [2.05, 4.69) is 19.9 Å². The Labute approximate surface area is 197 Å². The molecule has 0 spiro atoms. The molecular weight excluding hydrogens is 430 g/mol. The monoisotopic (exact) mass is 457 g/mol. The molecule has 4 rings (SSSR count). The number of aromatic nitrogens is 4. The van der Waals surface area contributed by atoms with E-state index in [1.807, 2.05) is 13.0 Å². The van der Waals surface area contributed by atoms with E-state index in [1.54, 1.807) is 80.9 Å². The number of carbonyl (C=O) groups is 1. The molecule has 3 N–H and O–H groups in total. The number of nitrogen functional groups attached to an aromatic ring is 1. The first-order valence-corrected chi connectivity index (χ1v) is 10.8. The number of hydrogen-bond donors (Lipinski definition) is 2. The molecule has 0 bridgehead atoms. The van der Waals surface area contributed by atoms with E-state index >= 15 is 0 Å².